The van der Waals surface area contributed by atoms with Crippen LogP contribution in [0.2, 0.25) is 0 Å². The van der Waals surface area contributed by atoms with E-state index in [0.29, 0.717) is 18.7 Å². The summed E-state index contributed by atoms with van der Waals surface area (Å²) in [4.78, 5) is 13.0. The minimum absolute atomic E-state index is 0.0703. The maximum atomic E-state index is 11.9. The number of hydrogen-bond donors (Lipinski definition) is 0. The van der Waals surface area contributed by atoms with Crippen molar-refractivity contribution in [2.45, 2.75) is 24.5 Å². The van der Waals surface area contributed by atoms with Gasteiger partial charge in [0.1, 0.15) is 30.0 Å². The number of benzene rings is 1. The molecule has 9 heteroatoms. The molecule has 0 bridgehead atoms. The minimum atomic E-state index is -3.37. The van der Waals surface area contributed by atoms with Gasteiger partial charge in [0.25, 0.3) is 0 Å². The van der Waals surface area contributed by atoms with Crippen LogP contribution in [0.1, 0.15) is 12.0 Å². The molecule has 3 aromatic rings. The second-order valence-corrected chi connectivity index (χ2v) is 10.3. The zero-order valence-corrected chi connectivity index (χ0v) is 19.5. The highest BCUT2D eigenvalue weighted by molar-refractivity contribution is 7.90. The van der Waals surface area contributed by atoms with Crippen LogP contribution in [-0.4, -0.2) is 57.0 Å². The summed E-state index contributed by atoms with van der Waals surface area (Å²) in [5.41, 5.74) is 2.33. The number of rotatable bonds is 5. The normalized spacial score (nSPS) is 18.1. The third-order valence-electron chi connectivity index (χ3n) is 5.89. The summed E-state index contributed by atoms with van der Waals surface area (Å²) in [5.74, 6) is 2.50. The Balaban J connectivity index is 1.36. The first-order chi connectivity index (χ1) is 15.9. The Labute approximate surface area is 193 Å². The quantitative estimate of drug-likeness (QED) is 0.566. The van der Waals surface area contributed by atoms with Gasteiger partial charge in [0.05, 0.1) is 30.7 Å². The Morgan fingerprint density at radius 3 is 2.76 bits per heavy atom. The molecule has 2 aliphatic rings. The topological polar surface area (TPSA) is 84.9 Å². The molecule has 0 amide bonds. The molecular weight excluding hydrogens is 440 g/mol. The van der Waals surface area contributed by atoms with Gasteiger partial charge in [-0.05, 0) is 42.8 Å². The molecule has 1 unspecified atom stereocenters. The first-order valence-electron chi connectivity index (χ1n) is 10.9. The standard InChI is InChI=1S/C24H26N4O4S/c1-17-13-18(15-26-24(17)33(2,29)30)28-11-12-31-22-7-6-19(14-21(22)28)32-20-8-10-27(16-20)23-5-3-4-9-25-23/h3-7,9,13-15,20H,8,10-12,16H2,1-2H3. The first kappa shape index (κ1) is 21.5. The number of fused-ring (bicyclic) bond motifs is 1. The Morgan fingerprint density at radius 2 is 2.00 bits per heavy atom. The zero-order chi connectivity index (χ0) is 23.0. The number of sulfone groups is 1. The fourth-order valence-electron chi connectivity index (χ4n) is 4.39. The molecule has 33 heavy (non-hydrogen) atoms. The number of aromatic nitrogens is 2. The van der Waals surface area contributed by atoms with E-state index in [1.807, 2.05) is 42.5 Å². The largest absolute Gasteiger partial charge is 0.490 e. The third-order valence-corrected chi connectivity index (χ3v) is 7.02. The van der Waals surface area contributed by atoms with Gasteiger partial charge in [-0.1, -0.05) is 6.07 Å². The van der Waals surface area contributed by atoms with E-state index in [9.17, 15) is 8.42 Å². The molecule has 1 aromatic carbocycles. The highest BCUT2D eigenvalue weighted by Crippen LogP contribution is 2.40. The van der Waals surface area contributed by atoms with E-state index in [0.717, 1.165) is 48.2 Å². The number of ether oxygens (including phenoxy) is 2. The minimum Gasteiger partial charge on any atom is -0.490 e. The van der Waals surface area contributed by atoms with Gasteiger partial charge in [-0.3, -0.25) is 0 Å². The van der Waals surface area contributed by atoms with Crippen LogP contribution in [0, 0.1) is 6.92 Å². The van der Waals surface area contributed by atoms with Gasteiger partial charge in [-0.15, -0.1) is 0 Å². The van der Waals surface area contributed by atoms with E-state index in [2.05, 4.69) is 19.8 Å². The molecule has 0 spiro atoms. The van der Waals surface area contributed by atoms with E-state index < -0.39 is 9.84 Å². The molecule has 0 aliphatic carbocycles. The van der Waals surface area contributed by atoms with Crippen LogP contribution in [0.3, 0.4) is 0 Å². The third kappa shape index (κ3) is 4.45. The van der Waals surface area contributed by atoms with Crippen LogP contribution in [0.4, 0.5) is 17.2 Å². The van der Waals surface area contributed by atoms with Crippen molar-refractivity contribution in [3.05, 3.63) is 60.4 Å². The van der Waals surface area contributed by atoms with Gasteiger partial charge in [0.15, 0.2) is 14.9 Å². The van der Waals surface area contributed by atoms with Crippen LogP contribution < -0.4 is 19.3 Å². The lowest BCUT2D eigenvalue weighted by Crippen LogP contribution is -2.29. The van der Waals surface area contributed by atoms with Gasteiger partial charge < -0.3 is 19.3 Å². The fraction of sp³-hybridized carbons (Fsp3) is 0.333. The molecule has 1 atom stereocenters. The molecule has 0 N–H and O–H groups in total. The molecule has 172 valence electrons. The molecule has 8 nitrogen and oxygen atoms in total. The van der Waals surface area contributed by atoms with E-state index in [1.54, 1.807) is 19.3 Å². The van der Waals surface area contributed by atoms with E-state index in [-0.39, 0.29) is 11.1 Å². The lowest BCUT2D eigenvalue weighted by molar-refractivity contribution is 0.224. The van der Waals surface area contributed by atoms with Gasteiger partial charge in [-0.2, -0.15) is 0 Å². The summed E-state index contributed by atoms with van der Waals surface area (Å²) in [6.45, 7) is 4.61. The Hall–Kier alpha value is -3.33. The van der Waals surface area contributed by atoms with Crippen LogP contribution in [0.25, 0.3) is 0 Å². The molecule has 4 heterocycles. The molecule has 5 rings (SSSR count). The Kier molecular flexibility index (Phi) is 5.57. The fourth-order valence-corrected chi connectivity index (χ4v) is 5.28. The van der Waals surface area contributed by atoms with Gasteiger partial charge in [-0.25, -0.2) is 18.4 Å². The first-order valence-corrected chi connectivity index (χ1v) is 12.8. The van der Waals surface area contributed by atoms with Gasteiger partial charge in [0.2, 0.25) is 0 Å². The average Bonchev–Trinajstić information content (AvgIpc) is 3.27. The SMILES string of the molecule is Cc1cc(N2CCOc3ccc(OC4CCN(c5ccccn5)C4)cc32)cnc1S(C)(=O)=O. The van der Waals surface area contributed by atoms with E-state index in [1.165, 1.54) is 6.26 Å². The summed E-state index contributed by atoms with van der Waals surface area (Å²) in [6.07, 6.45) is 5.58. The predicted molar refractivity (Wildman–Crippen MR) is 127 cm³/mol. The summed E-state index contributed by atoms with van der Waals surface area (Å²) in [7, 11) is -3.37. The van der Waals surface area contributed by atoms with Crippen LogP contribution in [0.5, 0.6) is 11.5 Å². The molecule has 0 radical (unpaired) electrons. The van der Waals surface area contributed by atoms with Crippen molar-refractivity contribution >= 4 is 27.0 Å². The Bertz CT molecular complexity index is 1270. The maximum absolute atomic E-state index is 11.9. The highest BCUT2D eigenvalue weighted by atomic mass is 32.2. The summed E-state index contributed by atoms with van der Waals surface area (Å²) in [5, 5.41) is 0.107. The van der Waals surface area contributed by atoms with Crippen molar-refractivity contribution < 1.29 is 17.9 Å². The molecule has 1 fully saturated rings. The average molecular weight is 467 g/mol. The monoisotopic (exact) mass is 466 g/mol. The van der Waals surface area contributed by atoms with Gasteiger partial charge in [0, 0.05) is 31.5 Å². The lowest BCUT2D eigenvalue weighted by Gasteiger charge is -2.32. The van der Waals surface area contributed by atoms with Crippen molar-refractivity contribution in [3.8, 4) is 11.5 Å². The van der Waals surface area contributed by atoms with E-state index >= 15 is 0 Å². The summed E-state index contributed by atoms with van der Waals surface area (Å²) in [6, 6.07) is 13.6. The van der Waals surface area contributed by atoms with E-state index in [4.69, 9.17) is 9.47 Å². The molecule has 2 aromatic heterocycles. The smallest absolute Gasteiger partial charge is 0.193 e. The number of nitrogens with zero attached hydrogens (tertiary/aromatic N) is 4. The van der Waals surface area contributed by atoms with Crippen molar-refractivity contribution in [2.75, 3.05) is 42.3 Å². The molecule has 2 aliphatic heterocycles. The predicted octanol–water partition coefficient (Wildman–Crippen LogP) is 3.38. The number of hydrogen-bond acceptors (Lipinski definition) is 8. The van der Waals surface area contributed by atoms with Crippen molar-refractivity contribution in [1.29, 1.82) is 0 Å². The van der Waals surface area contributed by atoms with Crippen LogP contribution >= 0.6 is 0 Å². The second-order valence-electron chi connectivity index (χ2n) is 8.38. The highest BCUT2D eigenvalue weighted by Gasteiger charge is 2.27. The number of aryl methyl sites for hydroxylation is 1. The molecule has 0 saturated carbocycles. The molecule has 1 saturated heterocycles. The summed E-state index contributed by atoms with van der Waals surface area (Å²) >= 11 is 0. The molecular formula is C24H26N4O4S. The number of anilines is 3. The van der Waals surface area contributed by atoms with Gasteiger partial charge >= 0.3 is 0 Å². The lowest BCUT2D eigenvalue weighted by atomic mass is 10.2. The summed E-state index contributed by atoms with van der Waals surface area (Å²) < 4.78 is 36.1. The zero-order valence-electron chi connectivity index (χ0n) is 18.6. The maximum Gasteiger partial charge on any atom is 0.193 e. The van der Waals surface area contributed by atoms with Crippen molar-refractivity contribution in [2.24, 2.45) is 0 Å². The van der Waals surface area contributed by atoms with Crippen LogP contribution in [-0.2, 0) is 9.84 Å². The van der Waals surface area contributed by atoms with Crippen molar-refractivity contribution in [1.82, 2.24) is 9.97 Å². The second kappa shape index (κ2) is 8.55. The van der Waals surface area contributed by atoms with Crippen molar-refractivity contribution in [3.63, 3.8) is 0 Å². The van der Waals surface area contributed by atoms with Crippen LogP contribution in [0.15, 0.2) is 59.9 Å². The Morgan fingerprint density at radius 1 is 1.12 bits per heavy atom. The number of pyridine rings is 2.